The first-order valence-corrected chi connectivity index (χ1v) is 11.0. The third-order valence-electron chi connectivity index (χ3n) is 5.63. The van der Waals surface area contributed by atoms with Gasteiger partial charge < -0.3 is 16.0 Å². The number of nitrogen functional groups attached to an aromatic ring is 1. The lowest BCUT2D eigenvalue weighted by Gasteiger charge is -2.30. The number of likely N-dealkylation sites (N-methyl/N-ethyl adjacent to an activating group) is 1. The molecule has 8 nitrogen and oxygen atoms in total. The molecule has 4 rings (SSSR count). The van der Waals surface area contributed by atoms with Gasteiger partial charge in [-0.25, -0.2) is 9.97 Å². The Morgan fingerprint density at radius 2 is 1.85 bits per heavy atom. The molecule has 0 radical (unpaired) electrons. The number of piperazine rings is 1. The Morgan fingerprint density at radius 3 is 2.61 bits per heavy atom. The minimum Gasteiger partial charge on any atom is -0.382 e. The maximum absolute atomic E-state index is 12.7. The summed E-state index contributed by atoms with van der Waals surface area (Å²) in [6.07, 6.45) is 1.63. The normalized spacial score (nSPS) is 14.8. The van der Waals surface area contributed by atoms with Crippen molar-refractivity contribution in [2.24, 2.45) is 5.10 Å². The predicted octanol–water partition coefficient (Wildman–Crippen LogP) is 2.63. The molecule has 0 aliphatic carbocycles. The maximum Gasteiger partial charge on any atom is 0.251 e. The molecule has 0 spiro atoms. The Balaban J connectivity index is 1.51. The van der Waals surface area contributed by atoms with Gasteiger partial charge in [-0.2, -0.15) is 5.10 Å². The standard InChI is InChI=1S/C25H29N7O/c1-18(30-32-13-11-31(2)12-14-32)23-24(26)27-17-22(29-23)20-9-6-10-21(15-20)25(33)28-16-19-7-4-3-5-8-19/h3-10,15,17H,11-14,16H2,1-2H3,(H2,26,27)(H,28,33). The first kappa shape index (κ1) is 22.4. The number of benzene rings is 2. The Morgan fingerprint density at radius 1 is 1.09 bits per heavy atom. The van der Waals surface area contributed by atoms with Crippen LogP contribution in [0, 0.1) is 0 Å². The summed E-state index contributed by atoms with van der Waals surface area (Å²) in [5, 5.41) is 9.71. The molecule has 3 N–H and O–H groups in total. The van der Waals surface area contributed by atoms with E-state index in [2.05, 4.69) is 22.2 Å². The van der Waals surface area contributed by atoms with Crippen LogP contribution in [0.3, 0.4) is 0 Å². The van der Waals surface area contributed by atoms with Crippen molar-refractivity contribution in [3.63, 3.8) is 0 Å². The van der Waals surface area contributed by atoms with Crippen molar-refractivity contribution in [3.8, 4) is 11.3 Å². The fourth-order valence-electron chi connectivity index (χ4n) is 3.66. The van der Waals surface area contributed by atoms with Crippen LogP contribution in [-0.4, -0.2) is 64.7 Å². The van der Waals surface area contributed by atoms with Gasteiger partial charge in [0.05, 0.1) is 17.6 Å². The van der Waals surface area contributed by atoms with Crippen molar-refractivity contribution in [2.45, 2.75) is 13.5 Å². The highest BCUT2D eigenvalue weighted by Crippen LogP contribution is 2.21. The Kier molecular flexibility index (Phi) is 6.95. The number of carbonyl (C=O) groups excluding carboxylic acids is 1. The third-order valence-corrected chi connectivity index (χ3v) is 5.63. The predicted molar refractivity (Wildman–Crippen MR) is 131 cm³/mol. The average molecular weight is 444 g/mol. The van der Waals surface area contributed by atoms with Crippen molar-refractivity contribution in [3.05, 3.63) is 77.6 Å². The molecule has 170 valence electrons. The lowest BCUT2D eigenvalue weighted by Crippen LogP contribution is -2.42. The van der Waals surface area contributed by atoms with Crippen LogP contribution in [0.15, 0.2) is 65.9 Å². The monoisotopic (exact) mass is 443 g/mol. The number of nitrogens with zero attached hydrogens (tertiary/aromatic N) is 5. The Labute approximate surface area is 194 Å². The Bertz CT molecular complexity index is 1140. The number of hydrogen-bond donors (Lipinski definition) is 2. The summed E-state index contributed by atoms with van der Waals surface area (Å²) in [7, 11) is 2.11. The molecule has 1 aliphatic heterocycles. The summed E-state index contributed by atoms with van der Waals surface area (Å²) < 4.78 is 0. The number of nitrogens with two attached hydrogens (primary N) is 1. The van der Waals surface area contributed by atoms with Crippen molar-refractivity contribution < 1.29 is 4.79 Å². The summed E-state index contributed by atoms with van der Waals surface area (Å²) in [6.45, 7) is 6.03. The van der Waals surface area contributed by atoms with Gasteiger partial charge in [-0.3, -0.25) is 9.80 Å². The molecule has 2 aromatic carbocycles. The molecule has 1 amide bonds. The van der Waals surface area contributed by atoms with E-state index in [0.29, 0.717) is 29.3 Å². The van der Waals surface area contributed by atoms with E-state index in [1.165, 1.54) is 0 Å². The minimum absolute atomic E-state index is 0.142. The van der Waals surface area contributed by atoms with Crippen LogP contribution in [0.5, 0.6) is 0 Å². The number of hydrazone groups is 1. The lowest BCUT2D eigenvalue weighted by atomic mass is 10.1. The van der Waals surface area contributed by atoms with Gasteiger partial charge in [0.1, 0.15) is 5.69 Å². The molecule has 1 fully saturated rings. The largest absolute Gasteiger partial charge is 0.382 e. The van der Waals surface area contributed by atoms with Crippen LogP contribution in [0.2, 0.25) is 0 Å². The quantitative estimate of drug-likeness (QED) is 0.568. The van der Waals surface area contributed by atoms with Gasteiger partial charge >= 0.3 is 0 Å². The molecule has 3 aromatic rings. The Hall–Kier alpha value is -3.78. The second-order valence-electron chi connectivity index (χ2n) is 8.18. The SMILES string of the molecule is CC(=NN1CCN(C)CC1)c1nc(-c2cccc(C(=O)NCc3ccccc3)c2)cnc1N. The highest BCUT2D eigenvalue weighted by Gasteiger charge is 2.15. The fraction of sp³-hybridized carbons (Fsp3) is 0.280. The summed E-state index contributed by atoms with van der Waals surface area (Å²) in [5.74, 6) is 0.197. The van der Waals surface area contributed by atoms with Gasteiger partial charge in [0.2, 0.25) is 0 Å². The van der Waals surface area contributed by atoms with Crippen LogP contribution in [0.25, 0.3) is 11.3 Å². The highest BCUT2D eigenvalue weighted by molar-refractivity contribution is 6.01. The second kappa shape index (κ2) is 10.2. The zero-order valence-electron chi connectivity index (χ0n) is 19.0. The molecule has 1 aromatic heterocycles. The smallest absolute Gasteiger partial charge is 0.251 e. The second-order valence-corrected chi connectivity index (χ2v) is 8.18. The van der Waals surface area contributed by atoms with E-state index in [0.717, 1.165) is 43.0 Å². The minimum atomic E-state index is -0.142. The molecule has 1 aliphatic rings. The highest BCUT2D eigenvalue weighted by atomic mass is 16.1. The molecule has 0 atom stereocenters. The van der Waals surface area contributed by atoms with E-state index in [1.54, 1.807) is 12.3 Å². The number of carbonyl (C=O) groups is 1. The third kappa shape index (κ3) is 5.72. The lowest BCUT2D eigenvalue weighted by molar-refractivity contribution is 0.0951. The van der Waals surface area contributed by atoms with Gasteiger partial charge in [0.15, 0.2) is 5.82 Å². The number of amides is 1. The summed E-state index contributed by atoms with van der Waals surface area (Å²) in [6, 6.07) is 17.2. The van der Waals surface area contributed by atoms with E-state index < -0.39 is 0 Å². The number of anilines is 1. The van der Waals surface area contributed by atoms with E-state index >= 15 is 0 Å². The summed E-state index contributed by atoms with van der Waals surface area (Å²) >= 11 is 0. The molecule has 33 heavy (non-hydrogen) atoms. The van der Waals surface area contributed by atoms with Crippen LogP contribution >= 0.6 is 0 Å². The molecule has 0 saturated carbocycles. The molecular weight excluding hydrogens is 414 g/mol. The van der Waals surface area contributed by atoms with Gasteiger partial charge in [0.25, 0.3) is 5.91 Å². The number of nitrogens with one attached hydrogen (secondary N) is 1. The van der Waals surface area contributed by atoms with Crippen molar-refractivity contribution in [1.29, 1.82) is 0 Å². The number of hydrogen-bond acceptors (Lipinski definition) is 7. The van der Waals surface area contributed by atoms with Crippen LogP contribution in [0.4, 0.5) is 5.82 Å². The zero-order chi connectivity index (χ0) is 23.2. The van der Waals surface area contributed by atoms with E-state index in [9.17, 15) is 4.79 Å². The number of aromatic nitrogens is 2. The number of rotatable bonds is 6. The molecule has 1 saturated heterocycles. The van der Waals surface area contributed by atoms with Gasteiger partial charge in [-0.05, 0) is 31.7 Å². The van der Waals surface area contributed by atoms with E-state index in [4.69, 9.17) is 15.8 Å². The van der Waals surface area contributed by atoms with Crippen molar-refractivity contribution in [2.75, 3.05) is 39.0 Å². The molecule has 8 heteroatoms. The summed E-state index contributed by atoms with van der Waals surface area (Å²) in [5.41, 5.74) is 10.5. The maximum atomic E-state index is 12.7. The molecular formula is C25H29N7O. The van der Waals surface area contributed by atoms with Gasteiger partial charge in [-0.1, -0.05) is 42.5 Å². The van der Waals surface area contributed by atoms with Crippen molar-refractivity contribution >= 4 is 17.4 Å². The first-order valence-electron chi connectivity index (χ1n) is 11.0. The van der Waals surface area contributed by atoms with Crippen molar-refractivity contribution in [1.82, 2.24) is 25.2 Å². The van der Waals surface area contributed by atoms with Crippen LogP contribution < -0.4 is 11.1 Å². The van der Waals surface area contributed by atoms with Gasteiger partial charge in [0, 0.05) is 43.9 Å². The zero-order valence-corrected chi connectivity index (χ0v) is 19.0. The fourth-order valence-corrected chi connectivity index (χ4v) is 3.66. The van der Waals surface area contributed by atoms with Crippen LogP contribution in [-0.2, 0) is 6.54 Å². The first-order chi connectivity index (χ1) is 16.0. The van der Waals surface area contributed by atoms with Gasteiger partial charge in [-0.15, -0.1) is 0 Å². The molecule has 2 heterocycles. The van der Waals surface area contributed by atoms with Crippen LogP contribution in [0.1, 0.15) is 28.5 Å². The topological polar surface area (TPSA) is 99.7 Å². The molecule has 0 unspecified atom stereocenters. The summed E-state index contributed by atoms with van der Waals surface area (Å²) in [4.78, 5) is 24.0. The average Bonchev–Trinajstić information content (AvgIpc) is 2.85. The molecule has 0 bridgehead atoms. The van der Waals surface area contributed by atoms with E-state index in [-0.39, 0.29) is 5.91 Å². The van der Waals surface area contributed by atoms with E-state index in [1.807, 2.05) is 60.5 Å².